The molecular weight excluding hydrogens is 387 g/mol. The Kier molecular flexibility index (Phi) is 5.11. The Hall–Kier alpha value is -2.08. The van der Waals surface area contributed by atoms with Gasteiger partial charge in [0.1, 0.15) is 11.4 Å². The van der Waals surface area contributed by atoms with E-state index >= 15 is 0 Å². The van der Waals surface area contributed by atoms with Crippen molar-refractivity contribution < 1.29 is 0 Å². The number of fused-ring (bicyclic) bond motifs is 1. The molecule has 0 aliphatic heterocycles. The number of benzene rings is 2. The smallest absolute Gasteiger partial charge is 0.162 e. The van der Waals surface area contributed by atoms with Gasteiger partial charge in [0.2, 0.25) is 0 Å². The summed E-state index contributed by atoms with van der Waals surface area (Å²) < 4.78 is 1.89. The van der Waals surface area contributed by atoms with Gasteiger partial charge in [-0.25, -0.2) is 14.6 Å². The number of halogens is 2. The van der Waals surface area contributed by atoms with Crippen molar-refractivity contribution in [3.05, 3.63) is 82.2 Å². The van der Waals surface area contributed by atoms with Crippen molar-refractivity contribution in [2.24, 2.45) is 0 Å². The van der Waals surface area contributed by atoms with E-state index in [9.17, 15) is 0 Å². The maximum atomic E-state index is 6.26. The highest BCUT2D eigenvalue weighted by atomic mass is 35.5. The lowest BCUT2D eigenvalue weighted by atomic mass is 10.2. The minimum atomic E-state index is 0.635. The summed E-state index contributed by atoms with van der Waals surface area (Å²) >= 11 is 13.8. The molecule has 0 unspecified atom stereocenters. The lowest BCUT2D eigenvalue weighted by Crippen LogP contribution is -2.02. The Bertz CT molecular complexity index is 1050. The van der Waals surface area contributed by atoms with Crippen molar-refractivity contribution in [1.82, 2.24) is 19.7 Å². The van der Waals surface area contributed by atoms with Crippen LogP contribution in [0.2, 0.25) is 10.0 Å². The van der Waals surface area contributed by atoms with Crippen LogP contribution in [-0.2, 0) is 12.3 Å². The molecule has 0 amide bonds. The van der Waals surface area contributed by atoms with Gasteiger partial charge in [-0.05, 0) is 23.3 Å². The summed E-state index contributed by atoms with van der Waals surface area (Å²) in [6.07, 6.45) is 3.40. The number of nitrogens with zero attached hydrogens (tertiary/aromatic N) is 4. The molecule has 0 atom stereocenters. The monoisotopic (exact) mass is 400 g/mol. The van der Waals surface area contributed by atoms with Crippen molar-refractivity contribution >= 4 is 46.0 Å². The molecule has 0 saturated heterocycles. The van der Waals surface area contributed by atoms with Crippen LogP contribution in [0.1, 0.15) is 11.1 Å². The molecule has 2 aromatic heterocycles. The van der Waals surface area contributed by atoms with Gasteiger partial charge in [0, 0.05) is 15.8 Å². The summed E-state index contributed by atoms with van der Waals surface area (Å²) in [7, 11) is 0. The SMILES string of the molecule is Clc1ccc(CSc2ncnc3c2cnn3Cc2ccccc2)c(Cl)c1. The van der Waals surface area contributed by atoms with Gasteiger partial charge in [-0.3, -0.25) is 0 Å². The van der Waals surface area contributed by atoms with E-state index in [1.54, 1.807) is 24.2 Å². The lowest BCUT2D eigenvalue weighted by Gasteiger charge is -2.06. The van der Waals surface area contributed by atoms with Gasteiger partial charge in [-0.2, -0.15) is 5.10 Å². The van der Waals surface area contributed by atoms with Crippen LogP contribution in [0.5, 0.6) is 0 Å². The number of hydrogen-bond donors (Lipinski definition) is 0. The van der Waals surface area contributed by atoms with Gasteiger partial charge in [0.05, 0.1) is 18.1 Å². The molecule has 2 aromatic carbocycles. The average Bonchev–Trinajstić information content (AvgIpc) is 3.05. The lowest BCUT2D eigenvalue weighted by molar-refractivity contribution is 0.703. The zero-order valence-electron chi connectivity index (χ0n) is 13.6. The molecule has 0 N–H and O–H groups in total. The summed E-state index contributed by atoms with van der Waals surface area (Å²) in [5.41, 5.74) is 3.02. The van der Waals surface area contributed by atoms with Crippen LogP contribution in [-0.4, -0.2) is 19.7 Å². The molecule has 2 heterocycles. The standard InChI is InChI=1S/C19H14Cl2N4S/c20-15-7-6-14(17(21)8-15)11-26-19-16-9-24-25(18(16)22-12-23-19)10-13-4-2-1-3-5-13/h1-9,12H,10-11H2. The van der Waals surface area contributed by atoms with Gasteiger partial charge in [0.15, 0.2) is 5.65 Å². The minimum absolute atomic E-state index is 0.635. The van der Waals surface area contributed by atoms with E-state index in [2.05, 4.69) is 27.2 Å². The van der Waals surface area contributed by atoms with E-state index in [-0.39, 0.29) is 0 Å². The third-order valence-electron chi connectivity index (χ3n) is 3.95. The molecule has 4 aromatic rings. The number of rotatable bonds is 5. The molecule has 7 heteroatoms. The van der Waals surface area contributed by atoms with Gasteiger partial charge in [0.25, 0.3) is 0 Å². The van der Waals surface area contributed by atoms with E-state index in [0.717, 1.165) is 21.6 Å². The predicted molar refractivity (Wildman–Crippen MR) is 107 cm³/mol. The molecule has 4 rings (SSSR count). The summed E-state index contributed by atoms with van der Waals surface area (Å²) in [4.78, 5) is 8.83. The zero-order valence-corrected chi connectivity index (χ0v) is 16.0. The Morgan fingerprint density at radius 2 is 1.85 bits per heavy atom. The van der Waals surface area contributed by atoms with E-state index in [1.807, 2.05) is 41.2 Å². The average molecular weight is 401 g/mol. The van der Waals surface area contributed by atoms with Gasteiger partial charge >= 0.3 is 0 Å². The molecule has 4 nitrogen and oxygen atoms in total. The Labute approximate surface area is 165 Å². The molecule has 130 valence electrons. The van der Waals surface area contributed by atoms with Crippen molar-refractivity contribution in [2.45, 2.75) is 17.3 Å². The van der Waals surface area contributed by atoms with E-state index in [0.29, 0.717) is 22.3 Å². The molecule has 0 radical (unpaired) electrons. The van der Waals surface area contributed by atoms with Crippen molar-refractivity contribution in [2.75, 3.05) is 0 Å². The molecule has 0 fully saturated rings. The first-order chi connectivity index (χ1) is 12.7. The van der Waals surface area contributed by atoms with Gasteiger partial charge in [-0.1, -0.05) is 59.6 Å². The normalized spacial score (nSPS) is 11.2. The van der Waals surface area contributed by atoms with Crippen LogP contribution in [0.3, 0.4) is 0 Å². The van der Waals surface area contributed by atoms with E-state index < -0.39 is 0 Å². The second-order valence-corrected chi connectivity index (χ2v) is 7.54. The first-order valence-corrected chi connectivity index (χ1v) is 9.72. The number of thioether (sulfide) groups is 1. The molecule has 0 aliphatic carbocycles. The molecule has 0 aliphatic rings. The van der Waals surface area contributed by atoms with Gasteiger partial charge in [-0.15, -0.1) is 11.8 Å². The fourth-order valence-corrected chi connectivity index (χ4v) is 4.16. The van der Waals surface area contributed by atoms with Crippen molar-refractivity contribution in [3.63, 3.8) is 0 Å². The largest absolute Gasteiger partial charge is 0.243 e. The quantitative estimate of drug-likeness (QED) is 0.328. The van der Waals surface area contributed by atoms with E-state index in [1.165, 1.54) is 5.56 Å². The van der Waals surface area contributed by atoms with E-state index in [4.69, 9.17) is 23.2 Å². The van der Waals surface area contributed by atoms with Crippen LogP contribution < -0.4 is 0 Å². The van der Waals surface area contributed by atoms with Crippen molar-refractivity contribution in [1.29, 1.82) is 0 Å². The maximum absolute atomic E-state index is 6.26. The zero-order chi connectivity index (χ0) is 17.9. The third-order valence-corrected chi connectivity index (χ3v) is 5.59. The molecule has 0 saturated carbocycles. The summed E-state index contributed by atoms with van der Waals surface area (Å²) in [6.45, 7) is 0.675. The second-order valence-electron chi connectivity index (χ2n) is 5.73. The Morgan fingerprint density at radius 3 is 2.65 bits per heavy atom. The molecule has 0 spiro atoms. The van der Waals surface area contributed by atoms with Crippen LogP contribution in [0, 0.1) is 0 Å². The summed E-state index contributed by atoms with van der Waals surface area (Å²) in [6, 6.07) is 15.7. The fraction of sp³-hybridized carbons (Fsp3) is 0.105. The fourth-order valence-electron chi connectivity index (χ4n) is 2.64. The summed E-state index contributed by atoms with van der Waals surface area (Å²) in [5, 5.41) is 7.62. The first-order valence-electron chi connectivity index (χ1n) is 7.98. The van der Waals surface area contributed by atoms with Crippen LogP contribution in [0.15, 0.2) is 66.1 Å². The van der Waals surface area contributed by atoms with Gasteiger partial charge < -0.3 is 0 Å². The van der Waals surface area contributed by atoms with Crippen molar-refractivity contribution in [3.8, 4) is 0 Å². The summed E-state index contributed by atoms with van der Waals surface area (Å²) in [5.74, 6) is 0.700. The topological polar surface area (TPSA) is 43.6 Å². The molecule has 26 heavy (non-hydrogen) atoms. The molecular formula is C19H14Cl2N4S. The minimum Gasteiger partial charge on any atom is -0.243 e. The van der Waals surface area contributed by atoms with Crippen LogP contribution in [0.4, 0.5) is 0 Å². The highest BCUT2D eigenvalue weighted by Gasteiger charge is 2.11. The molecule has 0 bridgehead atoms. The van der Waals surface area contributed by atoms with Crippen LogP contribution in [0.25, 0.3) is 11.0 Å². The number of hydrogen-bond acceptors (Lipinski definition) is 4. The third kappa shape index (κ3) is 3.70. The highest BCUT2D eigenvalue weighted by Crippen LogP contribution is 2.30. The maximum Gasteiger partial charge on any atom is 0.162 e. The Morgan fingerprint density at radius 1 is 1.00 bits per heavy atom. The highest BCUT2D eigenvalue weighted by molar-refractivity contribution is 7.98. The number of aromatic nitrogens is 4. The second kappa shape index (κ2) is 7.66. The predicted octanol–water partition coefficient (Wildman–Crippen LogP) is 5.47. The first kappa shape index (κ1) is 17.3. The Balaban J connectivity index is 1.58. The van der Waals surface area contributed by atoms with Crippen LogP contribution >= 0.6 is 35.0 Å².